The summed E-state index contributed by atoms with van der Waals surface area (Å²) in [7, 11) is 0. The van der Waals surface area contributed by atoms with E-state index in [1.165, 1.54) is 11.0 Å². The molecule has 0 spiro atoms. The number of benzene rings is 3. The van der Waals surface area contributed by atoms with Crippen molar-refractivity contribution in [2.24, 2.45) is 0 Å². The smallest absolute Gasteiger partial charge is 0.329 e. The van der Waals surface area contributed by atoms with Gasteiger partial charge in [0.2, 0.25) is 0 Å². The molecule has 0 saturated carbocycles. The van der Waals surface area contributed by atoms with Gasteiger partial charge in [0.1, 0.15) is 6.04 Å². The fourth-order valence-electron chi connectivity index (χ4n) is 6.59. The second kappa shape index (κ2) is 17.2. The van der Waals surface area contributed by atoms with Gasteiger partial charge in [-0.05, 0) is 113 Å². The standard InChI is InChI=1S/C38H44Cl2N2O8/c1-5-46-32-14-11-24(19-33(32)47-6-2)18-31-27-22-35(49-8-4)34(48-7-3)20-25(27)15-17-41(31)36(43)23-50-38(45)30-10-9-16-42(30)37(44)28-21-26(39)12-13-29(28)40/h11-14,19-22,30-31H,5-10,15-18,23H2,1-4H3. The Morgan fingerprint density at radius 3 is 2.12 bits per heavy atom. The second-order valence-electron chi connectivity index (χ2n) is 12.0. The van der Waals surface area contributed by atoms with Crippen LogP contribution in [0.4, 0.5) is 0 Å². The zero-order valence-electron chi connectivity index (χ0n) is 29.0. The lowest BCUT2D eigenvalue weighted by molar-refractivity contribution is -0.156. The molecule has 12 heteroatoms. The summed E-state index contributed by atoms with van der Waals surface area (Å²) < 4.78 is 29.2. The molecule has 0 N–H and O–H groups in total. The number of amides is 2. The second-order valence-corrected chi connectivity index (χ2v) is 12.8. The molecule has 2 unspecified atom stereocenters. The fraction of sp³-hybridized carbons (Fsp3) is 0.447. The van der Waals surface area contributed by atoms with Crippen LogP contribution in [0.3, 0.4) is 0 Å². The van der Waals surface area contributed by atoms with E-state index < -0.39 is 30.6 Å². The maximum absolute atomic E-state index is 14.0. The van der Waals surface area contributed by atoms with Gasteiger partial charge >= 0.3 is 5.97 Å². The number of rotatable bonds is 14. The van der Waals surface area contributed by atoms with E-state index in [4.69, 9.17) is 46.9 Å². The molecule has 1 saturated heterocycles. The van der Waals surface area contributed by atoms with Crippen molar-refractivity contribution in [2.75, 3.05) is 46.1 Å². The molecule has 0 aliphatic carbocycles. The molecular weight excluding hydrogens is 683 g/mol. The highest BCUT2D eigenvalue weighted by Crippen LogP contribution is 2.41. The molecule has 2 aliphatic heterocycles. The van der Waals surface area contributed by atoms with E-state index in [0.29, 0.717) is 93.2 Å². The van der Waals surface area contributed by atoms with Crippen molar-refractivity contribution in [3.8, 4) is 23.0 Å². The summed E-state index contributed by atoms with van der Waals surface area (Å²) >= 11 is 12.4. The number of carbonyl (C=O) groups excluding carboxylic acids is 3. The number of fused-ring (bicyclic) bond motifs is 1. The van der Waals surface area contributed by atoms with E-state index in [1.807, 2.05) is 58.0 Å². The molecule has 2 heterocycles. The summed E-state index contributed by atoms with van der Waals surface area (Å²) in [6.45, 7) is 9.88. The Labute approximate surface area is 303 Å². The van der Waals surface area contributed by atoms with Crippen molar-refractivity contribution in [1.29, 1.82) is 0 Å². The zero-order valence-corrected chi connectivity index (χ0v) is 30.5. The topological polar surface area (TPSA) is 104 Å². The van der Waals surface area contributed by atoms with E-state index in [2.05, 4.69) is 0 Å². The quantitative estimate of drug-likeness (QED) is 0.162. The molecule has 2 aliphatic rings. The number of carbonyl (C=O) groups is 3. The van der Waals surface area contributed by atoms with Gasteiger partial charge in [0.25, 0.3) is 11.8 Å². The van der Waals surface area contributed by atoms with Gasteiger partial charge in [-0.2, -0.15) is 0 Å². The number of halogens is 2. The third-order valence-corrected chi connectivity index (χ3v) is 9.37. The first-order valence-corrected chi connectivity index (χ1v) is 18.0. The monoisotopic (exact) mass is 726 g/mol. The lowest BCUT2D eigenvalue weighted by Gasteiger charge is -2.38. The molecule has 268 valence electrons. The van der Waals surface area contributed by atoms with Crippen LogP contribution in [0.2, 0.25) is 10.0 Å². The minimum atomic E-state index is -0.838. The van der Waals surface area contributed by atoms with Crippen LogP contribution in [-0.2, 0) is 27.2 Å². The van der Waals surface area contributed by atoms with E-state index in [9.17, 15) is 14.4 Å². The molecule has 0 aromatic heterocycles. The number of nitrogens with zero attached hydrogens (tertiary/aromatic N) is 2. The van der Waals surface area contributed by atoms with Gasteiger partial charge in [-0.1, -0.05) is 29.3 Å². The Bertz CT molecular complexity index is 1700. The molecular formula is C38H44Cl2N2O8. The summed E-state index contributed by atoms with van der Waals surface area (Å²) in [5.41, 5.74) is 3.14. The van der Waals surface area contributed by atoms with Crippen molar-refractivity contribution in [1.82, 2.24) is 9.80 Å². The predicted molar refractivity (Wildman–Crippen MR) is 191 cm³/mol. The van der Waals surface area contributed by atoms with Crippen LogP contribution >= 0.6 is 23.2 Å². The highest BCUT2D eigenvalue weighted by molar-refractivity contribution is 6.35. The van der Waals surface area contributed by atoms with E-state index in [1.54, 1.807) is 17.0 Å². The highest BCUT2D eigenvalue weighted by Gasteiger charge is 2.38. The Morgan fingerprint density at radius 2 is 1.42 bits per heavy atom. The van der Waals surface area contributed by atoms with Gasteiger partial charge in [0.05, 0.1) is 43.1 Å². The summed E-state index contributed by atoms with van der Waals surface area (Å²) in [5.74, 6) is 1.16. The molecule has 2 atom stereocenters. The molecule has 5 rings (SSSR count). The van der Waals surface area contributed by atoms with Gasteiger partial charge in [0, 0.05) is 18.1 Å². The molecule has 10 nitrogen and oxygen atoms in total. The molecule has 0 radical (unpaired) electrons. The van der Waals surface area contributed by atoms with Crippen LogP contribution in [0.5, 0.6) is 23.0 Å². The van der Waals surface area contributed by atoms with Crippen molar-refractivity contribution < 1.29 is 38.1 Å². The average Bonchev–Trinajstić information content (AvgIpc) is 3.60. The Hall–Kier alpha value is -4.15. The fourth-order valence-corrected chi connectivity index (χ4v) is 6.96. The molecule has 50 heavy (non-hydrogen) atoms. The van der Waals surface area contributed by atoms with Crippen LogP contribution in [0.25, 0.3) is 0 Å². The van der Waals surface area contributed by atoms with Crippen molar-refractivity contribution in [3.63, 3.8) is 0 Å². The number of ether oxygens (including phenoxy) is 5. The lowest BCUT2D eigenvalue weighted by Crippen LogP contribution is -2.45. The Morgan fingerprint density at radius 1 is 0.760 bits per heavy atom. The molecule has 3 aromatic rings. The van der Waals surface area contributed by atoms with Crippen molar-refractivity contribution in [3.05, 3.63) is 80.8 Å². The first-order chi connectivity index (χ1) is 24.2. The van der Waals surface area contributed by atoms with Crippen molar-refractivity contribution >= 4 is 41.0 Å². The van der Waals surface area contributed by atoms with Crippen LogP contribution in [-0.4, -0.2) is 79.7 Å². The molecule has 2 amide bonds. The molecule has 1 fully saturated rings. The first kappa shape index (κ1) is 37.1. The van der Waals surface area contributed by atoms with Gasteiger partial charge < -0.3 is 33.5 Å². The summed E-state index contributed by atoms with van der Waals surface area (Å²) in [4.78, 5) is 43.9. The number of likely N-dealkylation sites (tertiary alicyclic amines) is 1. The lowest BCUT2D eigenvalue weighted by atomic mass is 9.88. The van der Waals surface area contributed by atoms with Crippen LogP contribution < -0.4 is 18.9 Å². The number of hydrogen-bond acceptors (Lipinski definition) is 8. The minimum absolute atomic E-state index is 0.213. The zero-order chi connectivity index (χ0) is 35.8. The van der Waals surface area contributed by atoms with Crippen molar-refractivity contribution in [2.45, 2.75) is 65.5 Å². The van der Waals surface area contributed by atoms with Crippen LogP contribution in [0, 0.1) is 0 Å². The third-order valence-electron chi connectivity index (χ3n) is 8.80. The molecule has 3 aromatic carbocycles. The number of hydrogen-bond donors (Lipinski definition) is 0. The summed E-state index contributed by atoms with van der Waals surface area (Å²) in [5, 5.41) is 0.605. The van der Waals surface area contributed by atoms with Gasteiger partial charge in [-0.3, -0.25) is 9.59 Å². The van der Waals surface area contributed by atoms with Gasteiger partial charge in [-0.25, -0.2) is 4.79 Å². The molecule has 0 bridgehead atoms. The maximum atomic E-state index is 14.0. The van der Waals surface area contributed by atoms with E-state index >= 15 is 0 Å². The summed E-state index contributed by atoms with van der Waals surface area (Å²) in [6.07, 6.45) is 2.07. The van der Waals surface area contributed by atoms with E-state index in [0.717, 1.165) is 16.7 Å². The van der Waals surface area contributed by atoms with Gasteiger partial charge in [0.15, 0.2) is 29.6 Å². The van der Waals surface area contributed by atoms with Crippen LogP contribution in [0.1, 0.15) is 73.6 Å². The number of esters is 1. The largest absolute Gasteiger partial charge is 0.490 e. The normalized spacial score (nSPS) is 16.8. The SMILES string of the molecule is CCOc1ccc(CC2c3cc(OCC)c(OCC)cc3CCN2C(=O)COC(=O)C2CCCN2C(=O)c2cc(Cl)ccc2Cl)cc1OCC. The Kier molecular flexibility index (Phi) is 12.8. The first-order valence-electron chi connectivity index (χ1n) is 17.2. The predicted octanol–water partition coefficient (Wildman–Crippen LogP) is 7.10. The van der Waals surface area contributed by atoms with Crippen LogP contribution in [0.15, 0.2) is 48.5 Å². The Balaban J connectivity index is 1.39. The third kappa shape index (κ3) is 8.41. The summed E-state index contributed by atoms with van der Waals surface area (Å²) in [6, 6.07) is 13.2. The van der Waals surface area contributed by atoms with Gasteiger partial charge in [-0.15, -0.1) is 0 Å². The van der Waals surface area contributed by atoms with E-state index in [-0.39, 0.29) is 16.5 Å². The minimum Gasteiger partial charge on any atom is -0.490 e. The average molecular weight is 728 g/mol. The highest BCUT2D eigenvalue weighted by atomic mass is 35.5. The maximum Gasteiger partial charge on any atom is 0.329 e.